The molecule has 1 unspecified atom stereocenters. The van der Waals surface area contributed by atoms with Gasteiger partial charge in [0.15, 0.2) is 0 Å². The lowest BCUT2D eigenvalue weighted by Crippen LogP contribution is -2.45. The van der Waals surface area contributed by atoms with Gasteiger partial charge in [-0.15, -0.1) is 12.4 Å². The summed E-state index contributed by atoms with van der Waals surface area (Å²) in [5.41, 5.74) is 14.3. The van der Waals surface area contributed by atoms with Gasteiger partial charge in [0.2, 0.25) is 5.91 Å². The molecule has 1 fully saturated rings. The van der Waals surface area contributed by atoms with Gasteiger partial charge in [-0.1, -0.05) is 55.7 Å². The number of carbonyl (C=O) groups is 3. The standard InChI is InChI=1S/C17H24N2O3.C8H9NO2.ClH/c18-11-13-8-6-12(7-9-13)10-15(17(21)22)19-16(20)14-4-2-1-3-5-14;9-7-3-1-6(2-4-7)5-8(10)11;/h6-9,14-15H,1-5,10-11,18H2,(H,19,20)(H,21,22);1-4H,5,9H2,(H,10,11);1H. The van der Waals surface area contributed by atoms with Gasteiger partial charge < -0.3 is 27.0 Å². The number of nitrogens with one attached hydrogen (secondary N) is 1. The smallest absolute Gasteiger partial charge is 0.326 e. The molecule has 186 valence electrons. The number of amides is 1. The van der Waals surface area contributed by atoms with Crippen LogP contribution < -0.4 is 16.8 Å². The molecule has 1 atom stereocenters. The van der Waals surface area contributed by atoms with E-state index >= 15 is 0 Å². The number of aliphatic carboxylic acids is 2. The average Bonchev–Trinajstić information content (AvgIpc) is 2.81. The van der Waals surface area contributed by atoms with Crippen LogP contribution >= 0.6 is 12.4 Å². The van der Waals surface area contributed by atoms with E-state index in [1.165, 1.54) is 6.42 Å². The summed E-state index contributed by atoms with van der Waals surface area (Å²) >= 11 is 0. The topological polar surface area (TPSA) is 156 Å². The summed E-state index contributed by atoms with van der Waals surface area (Å²) in [7, 11) is 0. The molecule has 34 heavy (non-hydrogen) atoms. The number of anilines is 1. The molecule has 2 aromatic rings. The summed E-state index contributed by atoms with van der Waals surface area (Å²) in [4.78, 5) is 33.8. The maximum absolute atomic E-state index is 12.2. The first kappa shape index (κ1) is 28.9. The molecule has 7 N–H and O–H groups in total. The Morgan fingerprint density at radius 2 is 1.41 bits per heavy atom. The van der Waals surface area contributed by atoms with Gasteiger partial charge in [0.05, 0.1) is 6.42 Å². The van der Waals surface area contributed by atoms with Gasteiger partial charge in [0.1, 0.15) is 6.04 Å². The molecule has 2 aromatic carbocycles. The van der Waals surface area contributed by atoms with Crippen molar-refractivity contribution in [3.63, 3.8) is 0 Å². The lowest BCUT2D eigenvalue weighted by molar-refractivity contribution is -0.142. The number of nitrogens with two attached hydrogens (primary N) is 2. The second kappa shape index (κ2) is 14.9. The molecule has 0 heterocycles. The average molecular weight is 492 g/mol. The fourth-order valence-electron chi connectivity index (χ4n) is 3.71. The second-order valence-electron chi connectivity index (χ2n) is 8.27. The van der Waals surface area contributed by atoms with E-state index in [0.717, 1.165) is 42.4 Å². The minimum atomic E-state index is -0.993. The van der Waals surface area contributed by atoms with Gasteiger partial charge in [-0.3, -0.25) is 9.59 Å². The van der Waals surface area contributed by atoms with Gasteiger partial charge >= 0.3 is 11.9 Å². The molecule has 9 heteroatoms. The quantitative estimate of drug-likeness (QED) is 0.355. The van der Waals surface area contributed by atoms with Crippen LogP contribution in [0.5, 0.6) is 0 Å². The highest BCUT2D eigenvalue weighted by Gasteiger charge is 2.26. The second-order valence-corrected chi connectivity index (χ2v) is 8.27. The zero-order chi connectivity index (χ0) is 24.2. The van der Waals surface area contributed by atoms with E-state index in [4.69, 9.17) is 16.6 Å². The number of nitrogen functional groups attached to an aromatic ring is 1. The largest absolute Gasteiger partial charge is 0.481 e. The molecule has 0 radical (unpaired) electrons. The zero-order valence-corrected chi connectivity index (χ0v) is 19.9. The molecule has 0 saturated heterocycles. The van der Waals surface area contributed by atoms with Crippen molar-refractivity contribution in [2.45, 2.75) is 57.5 Å². The molecule has 0 aromatic heterocycles. The van der Waals surface area contributed by atoms with Crippen molar-refractivity contribution in [2.24, 2.45) is 11.7 Å². The van der Waals surface area contributed by atoms with Gasteiger partial charge in [-0.2, -0.15) is 0 Å². The molecule has 1 aliphatic carbocycles. The Balaban J connectivity index is 0.000000407. The summed E-state index contributed by atoms with van der Waals surface area (Å²) in [6.07, 6.45) is 5.35. The predicted molar refractivity (Wildman–Crippen MR) is 134 cm³/mol. The van der Waals surface area contributed by atoms with Crippen LogP contribution in [-0.2, 0) is 33.8 Å². The van der Waals surface area contributed by atoms with E-state index in [0.29, 0.717) is 18.7 Å². The maximum Gasteiger partial charge on any atom is 0.326 e. The zero-order valence-electron chi connectivity index (χ0n) is 19.1. The fraction of sp³-hybridized carbons (Fsp3) is 0.400. The highest BCUT2D eigenvalue weighted by atomic mass is 35.5. The summed E-state index contributed by atoms with van der Waals surface area (Å²) in [6.45, 7) is 0.459. The van der Waals surface area contributed by atoms with Crippen molar-refractivity contribution in [1.82, 2.24) is 5.32 Å². The summed E-state index contributed by atoms with van der Waals surface area (Å²) in [5, 5.41) is 20.5. The minimum Gasteiger partial charge on any atom is -0.481 e. The number of benzene rings is 2. The molecule has 0 spiro atoms. The number of carboxylic acid groups (broad SMARTS) is 2. The van der Waals surface area contributed by atoms with E-state index in [9.17, 15) is 19.5 Å². The third-order valence-corrected chi connectivity index (χ3v) is 5.62. The van der Waals surface area contributed by atoms with Crippen molar-refractivity contribution in [3.05, 3.63) is 65.2 Å². The first-order chi connectivity index (χ1) is 15.8. The van der Waals surface area contributed by atoms with Crippen LogP contribution in [0.4, 0.5) is 5.69 Å². The van der Waals surface area contributed by atoms with Crippen LogP contribution in [0.1, 0.15) is 48.8 Å². The molecule has 3 rings (SSSR count). The third kappa shape index (κ3) is 10.2. The lowest BCUT2D eigenvalue weighted by Gasteiger charge is -2.23. The first-order valence-electron chi connectivity index (χ1n) is 11.2. The van der Waals surface area contributed by atoms with E-state index in [2.05, 4.69) is 5.32 Å². The molecule has 8 nitrogen and oxygen atoms in total. The van der Waals surface area contributed by atoms with E-state index in [1.807, 2.05) is 24.3 Å². The van der Waals surface area contributed by atoms with Crippen LogP contribution in [0.15, 0.2) is 48.5 Å². The normalized spacial score (nSPS) is 14.0. The molecular formula is C25H34ClN3O5. The monoisotopic (exact) mass is 491 g/mol. The van der Waals surface area contributed by atoms with Crippen LogP contribution in [0, 0.1) is 5.92 Å². The number of carboxylic acids is 2. The van der Waals surface area contributed by atoms with Crippen molar-refractivity contribution < 1.29 is 24.6 Å². The number of halogens is 1. The third-order valence-electron chi connectivity index (χ3n) is 5.62. The van der Waals surface area contributed by atoms with E-state index < -0.39 is 18.0 Å². The molecule has 1 amide bonds. The Labute approximate surface area is 206 Å². The number of hydrogen-bond donors (Lipinski definition) is 5. The van der Waals surface area contributed by atoms with Crippen molar-refractivity contribution in [1.29, 1.82) is 0 Å². The maximum atomic E-state index is 12.2. The van der Waals surface area contributed by atoms with Gasteiger partial charge in [0.25, 0.3) is 0 Å². The Morgan fingerprint density at radius 3 is 1.91 bits per heavy atom. The number of hydrogen-bond acceptors (Lipinski definition) is 5. The molecule has 0 bridgehead atoms. The van der Waals surface area contributed by atoms with Crippen molar-refractivity contribution in [3.8, 4) is 0 Å². The summed E-state index contributed by atoms with van der Waals surface area (Å²) in [6, 6.07) is 13.4. The minimum absolute atomic E-state index is 0. The Bertz CT molecular complexity index is 913. The van der Waals surface area contributed by atoms with Crippen LogP contribution in [0.25, 0.3) is 0 Å². The summed E-state index contributed by atoms with van der Waals surface area (Å²) in [5.74, 6) is -1.97. The van der Waals surface area contributed by atoms with Gasteiger partial charge in [-0.25, -0.2) is 4.79 Å². The molecule has 1 saturated carbocycles. The number of carbonyl (C=O) groups excluding carboxylic acids is 1. The molecule has 1 aliphatic rings. The Hall–Kier alpha value is -3.10. The highest BCUT2D eigenvalue weighted by Crippen LogP contribution is 2.23. The number of rotatable bonds is 8. The molecular weight excluding hydrogens is 458 g/mol. The Morgan fingerprint density at radius 1 is 0.882 bits per heavy atom. The van der Waals surface area contributed by atoms with E-state index in [-0.39, 0.29) is 30.7 Å². The van der Waals surface area contributed by atoms with Crippen LogP contribution in [-0.4, -0.2) is 34.1 Å². The van der Waals surface area contributed by atoms with Crippen molar-refractivity contribution in [2.75, 3.05) is 5.73 Å². The first-order valence-corrected chi connectivity index (χ1v) is 11.2. The lowest BCUT2D eigenvalue weighted by atomic mass is 9.88. The van der Waals surface area contributed by atoms with Crippen LogP contribution in [0.2, 0.25) is 0 Å². The van der Waals surface area contributed by atoms with E-state index in [1.54, 1.807) is 24.3 Å². The van der Waals surface area contributed by atoms with Gasteiger partial charge in [0, 0.05) is 24.6 Å². The SMILES string of the molecule is Cl.NCc1ccc(CC(NC(=O)C2CCCCC2)C(=O)O)cc1.Nc1ccc(CC(=O)O)cc1. The highest BCUT2D eigenvalue weighted by molar-refractivity contribution is 5.85. The van der Waals surface area contributed by atoms with Crippen molar-refractivity contribution >= 4 is 35.9 Å². The predicted octanol–water partition coefficient (Wildman–Crippen LogP) is 3.16. The molecule has 0 aliphatic heterocycles. The summed E-state index contributed by atoms with van der Waals surface area (Å²) < 4.78 is 0. The fourth-order valence-corrected chi connectivity index (χ4v) is 3.71. The Kier molecular flexibility index (Phi) is 12.7. The van der Waals surface area contributed by atoms with Crippen LogP contribution in [0.3, 0.4) is 0 Å². The van der Waals surface area contributed by atoms with Gasteiger partial charge in [-0.05, 0) is 41.7 Å².